The van der Waals surface area contributed by atoms with Gasteiger partial charge in [0.05, 0.1) is 13.2 Å². The molecule has 1 atom stereocenters. The molecule has 1 N–H and O–H groups in total. The van der Waals surface area contributed by atoms with E-state index in [4.69, 9.17) is 13.9 Å². The van der Waals surface area contributed by atoms with Crippen LogP contribution in [0.1, 0.15) is 23.2 Å². The highest BCUT2D eigenvalue weighted by Crippen LogP contribution is 2.20. The molecule has 0 aliphatic carbocycles. The van der Waals surface area contributed by atoms with Crippen molar-refractivity contribution in [3.63, 3.8) is 0 Å². The van der Waals surface area contributed by atoms with Crippen LogP contribution in [0.4, 0.5) is 0 Å². The van der Waals surface area contributed by atoms with Crippen molar-refractivity contribution >= 4 is 16.9 Å². The van der Waals surface area contributed by atoms with Crippen LogP contribution in [-0.4, -0.2) is 32.3 Å². The Bertz CT molecular complexity index is 746. The van der Waals surface area contributed by atoms with E-state index in [9.17, 15) is 9.59 Å². The van der Waals surface area contributed by atoms with Crippen LogP contribution in [0.2, 0.25) is 0 Å². The average Bonchev–Trinajstić information content (AvgIpc) is 3.05. The summed E-state index contributed by atoms with van der Waals surface area (Å²) in [5.41, 5.74) is -0.247. The Morgan fingerprint density at radius 1 is 1.41 bits per heavy atom. The highest BCUT2D eigenvalue weighted by atomic mass is 16.5. The molecule has 1 aromatic carbocycles. The van der Waals surface area contributed by atoms with Gasteiger partial charge in [-0.15, -0.1) is 0 Å². The molecular formula is C16H17NO5. The summed E-state index contributed by atoms with van der Waals surface area (Å²) in [6.07, 6.45) is 1.94. The fraction of sp³-hybridized carbons (Fsp3) is 0.375. The standard InChI is InChI=1S/C16H17NO5/c1-20-11-4-5-14-10(7-11)8-13(16(19)22-14)15(18)17-9-12-3-2-6-21-12/h4-5,7-8,12H,2-3,6,9H2,1H3,(H,17,18)/t12-/m0/s1. The zero-order valence-corrected chi connectivity index (χ0v) is 12.3. The maximum atomic E-state index is 12.2. The second kappa shape index (κ2) is 6.19. The van der Waals surface area contributed by atoms with E-state index in [2.05, 4.69) is 5.32 Å². The molecule has 3 rings (SSSR count). The third-order valence-electron chi connectivity index (χ3n) is 3.70. The first-order valence-electron chi connectivity index (χ1n) is 7.19. The van der Waals surface area contributed by atoms with Gasteiger partial charge in [-0.1, -0.05) is 0 Å². The first-order valence-corrected chi connectivity index (χ1v) is 7.19. The smallest absolute Gasteiger partial charge is 0.349 e. The Kier molecular flexibility index (Phi) is 4.11. The summed E-state index contributed by atoms with van der Waals surface area (Å²) < 4.78 is 15.8. The predicted molar refractivity (Wildman–Crippen MR) is 80.3 cm³/mol. The number of fused-ring (bicyclic) bond motifs is 1. The minimum atomic E-state index is -0.650. The van der Waals surface area contributed by atoms with E-state index in [0.717, 1.165) is 19.4 Å². The molecule has 2 heterocycles. The van der Waals surface area contributed by atoms with Crippen molar-refractivity contribution in [2.45, 2.75) is 18.9 Å². The molecule has 6 nitrogen and oxygen atoms in total. The number of carbonyl (C=O) groups is 1. The molecule has 1 aliphatic rings. The molecule has 0 unspecified atom stereocenters. The minimum Gasteiger partial charge on any atom is -0.497 e. The molecule has 116 valence electrons. The lowest BCUT2D eigenvalue weighted by Gasteiger charge is -2.10. The highest BCUT2D eigenvalue weighted by molar-refractivity contribution is 5.96. The van der Waals surface area contributed by atoms with E-state index in [1.54, 1.807) is 25.3 Å². The van der Waals surface area contributed by atoms with Crippen molar-refractivity contribution in [3.05, 3.63) is 40.2 Å². The summed E-state index contributed by atoms with van der Waals surface area (Å²) in [6.45, 7) is 1.12. The Balaban J connectivity index is 1.83. The lowest BCUT2D eigenvalue weighted by Crippen LogP contribution is -2.34. The molecule has 1 amide bonds. The summed E-state index contributed by atoms with van der Waals surface area (Å²) in [6, 6.07) is 6.58. The Morgan fingerprint density at radius 2 is 2.27 bits per heavy atom. The van der Waals surface area contributed by atoms with Crippen molar-refractivity contribution < 1.29 is 18.7 Å². The maximum Gasteiger partial charge on any atom is 0.349 e. The van der Waals surface area contributed by atoms with Gasteiger partial charge < -0.3 is 19.2 Å². The molecule has 0 saturated carbocycles. The Labute approximate surface area is 127 Å². The SMILES string of the molecule is COc1ccc2oc(=O)c(C(=O)NC[C@@H]3CCCO3)cc2c1. The number of amides is 1. The lowest BCUT2D eigenvalue weighted by atomic mass is 10.1. The van der Waals surface area contributed by atoms with E-state index in [1.807, 2.05) is 0 Å². The Morgan fingerprint density at radius 3 is 3.00 bits per heavy atom. The summed E-state index contributed by atoms with van der Waals surface area (Å²) in [7, 11) is 1.55. The summed E-state index contributed by atoms with van der Waals surface area (Å²) in [5.74, 6) is 0.182. The van der Waals surface area contributed by atoms with Crippen molar-refractivity contribution in [2.75, 3.05) is 20.3 Å². The molecule has 0 radical (unpaired) electrons. The lowest BCUT2D eigenvalue weighted by molar-refractivity contribution is 0.0855. The largest absolute Gasteiger partial charge is 0.497 e. The van der Waals surface area contributed by atoms with Gasteiger partial charge in [0.25, 0.3) is 5.91 Å². The van der Waals surface area contributed by atoms with Gasteiger partial charge >= 0.3 is 5.63 Å². The molecule has 0 bridgehead atoms. The van der Waals surface area contributed by atoms with Crippen LogP contribution in [0.15, 0.2) is 33.5 Å². The quantitative estimate of drug-likeness (QED) is 0.870. The van der Waals surface area contributed by atoms with E-state index >= 15 is 0 Å². The fourth-order valence-electron chi connectivity index (χ4n) is 2.49. The molecule has 2 aromatic rings. The number of ether oxygens (including phenoxy) is 2. The average molecular weight is 303 g/mol. The van der Waals surface area contributed by atoms with Crippen LogP contribution < -0.4 is 15.7 Å². The van der Waals surface area contributed by atoms with Gasteiger partial charge in [0.2, 0.25) is 0 Å². The monoisotopic (exact) mass is 303 g/mol. The van der Waals surface area contributed by atoms with Crippen LogP contribution in [0.5, 0.6) is 5.75 Å². The van der Waals surface area contributed by atoms with Crippen molar-refractivity contribution in [1.82, 2.24) is 5.32 Å². The van der Waals surface area contributed by atoms with Crippen LogP contribution >= 0.6 is 0 Å². The molecule has 1 aromatic heterocycles. The van der Waals surface area contributed by atoms with Gasteiger partial charge in [-0.05, 0) is 37.1 Å². The number of carbonyl (C=O) groups excluding carboxylic acids is 1. The number of hydrogen-bond donors (Lipinski definition) is 1. The predicted octanol–water partition coefficient (Wildman–Crippen LogP) is 1.71. The van der Waals surface area contributed by atoms with Gasteiger partial charge in [-0.2, -0.15) is 0 Å². The molecule has 6 heteroatoms. The van der Waals surface area contributed by atoms with Crippen LogP contribution in [0, 0.1) is 0 Å². The first kappa shape index (κ1) is 14.6. The molecule has 22 heavy (non-hydrogen) atoms. The molecule has 1 aliphatic heterocycles. The number of benzene rings is 1. The van der Waals surface area contributed by atoms with Crippen molar-refractivity contribution in [2.24, 2.45) is 0 Å². The zero-order valence-electron chi connectivity index (χ0n) is 12.3. The summed E-state index contributed by atoms with van der Waals surface area (Å²) in [5, 5.41) is 3.36. The van der Waals surface area contributed by atoms with Gasteiger partial charge in [-0.3, -0.25) is 4.79 Å². The van der Waals surface area contributed by atoms with E-state index in [0.29, 0.717) is 23.3 Å². The number of nitrogens with one attached hydrogen (secondary N) is 1. The summed E-state index contributed by atoms with van der Waals surface area (Å²) in [4.78, 5) is 24.1. The fourth-order valence-corrected chi connectivity index (χ4v) is 2.49. The minimum absolute atomic E-state index is 0.0150. The third kappa shape index (κ3) is 2.96. The number of methoxy groups -OCH3 is 1. The maximum absolute atomic E-state index is 12.2. The van der Waals surface area contributed by atoms with Crippen molar-refractivity contribution in [3.8, 4) is 5.75 Å². The Hall–Kier alpha value is -2.34. The van der Waals surface area contributed by atoms with E-state index < -0.39 is 11.5 Å². The molecular weight excluding hydrogens is 286 g/mol. The third-order valence-corrected chi connectivity index (χ3v) is 3.70. The second-order valence-corrected chi connectivity index (χ2v) is 5.20. The molecule has 1 saturated heterocycles. The van der Waals surface area contributed by atoms with Crippen LogP contribution in [-0.2, 0) is 4.74 Å². The zero-order chi connectivity index (χ0) is 15.5. The van der Waals surface area contributed by atoms with Crippen LogP contribution in [0.3, 0.4) is 0 Å². The van der Waals surface area contributed by atoms with Gasteiger partial charge in [0.1, 0.15) is 16.9 Å². The number of rotatable bonds is 4. The molecule has 1 fully saturated rings. The van der Waals surface area contributed by atoms with E-state index in [1.165, 1.54) is 6.07 Å². The van der Waals surface area contributed by atoms with Crippen LogP contribution in [0.25, 0.3) is 11.0 Å². The first-order chi connectivity index (χ1) is 10.7. The van der Waals surface area contributed by atoms with Gasteiger partial charge in [0.15, 0.2) is 0 Å². The molecule has 0 spiro atoms. The van der Waals surface area contributed by atoms with Crippen molar-refractivity contribution in [1.29, 1.82) is 0 Å². The van der Waals surface area contributed by atoms with Gasteiger partial charge in [0, 0.05) is 18.5 Å². The normalized spacial score (nSPS) is 17.6. The van der Waals surface area contributed by atoms with E-state index in [-0.39, 0.29) is 11.7 Å². The number of hydrogen-bond acceptors (Lipinski definition) is 5. The highest BCUT2D eigenvalue weighted by Gasteiger charge is 2.19. The second-order valence-electron chi connectivity index (χ2n) is 5.20. The topological polar surface area (TPSA) is 77.8 Å². The summed E-state index contributed by atoms with van der Waals surface area (Å²) >= 11 is 0. The van der Waals surface area contributed by atoms with Gasteiger partial charge in [-0.25, -0.2) is 4.79 Å².